The number of benzene rings is 2. The Balaban J connectivity index is 0.982. The van der Waals surface area contributed by atoms with E-state index in [2.05, 4.69) is 25.8 Å². The molecule has 6 heterocycles. The summed E-state index contributed by atoms with van der Waals surface area (Å²) in [6.07, 6.45) is 5.24. The van der Waals surface area contributed by atoms with Crippen LogP contribution in [-0.2, 0) is 11.2 Å². The lowest BCUT2D eigenvalue weighted by Crippen LogP contribution is -2.59. The molecule has 258 valence electrons. The molecule has 3 N–H and O–H groups in total. The minimum Gasteiger partial charge on any atom is -0.381 e. The number of rotatable bonds is 6. The number of nitrogens with zero attached hydrogens (tertiary/aromatic N) is 3. The highest BCUT2D eigenvalue weighted by atomic mass is 32.1. The standard InChI is InChI=1S/C38H39FN6O4S/c1-23-16-30(34(41-19-23)44-21-38(22-44)10-14-49-15-11-38)35(46)42-27-5-2-24(3-6-27)37(48)45-13-9-25-17-32(36(47)43-28-8-12-40-20-28)50-33(25)29-7-4-26(39)18-31(29)45/h2-7,16-19,28,40H,8-15,20-22H2,1H3,(H,42,46)(H,43,47). The van der Waals surface area contributed by atoms with Gasteiger partial charge in [0.2, 0.25) is 0 Å². The molecule has 12 heteroatoms. The number of carbonyl (C=O) groups is 3. The molecule has 0 bridgehead atoms. The molecule has 0 radical (unpaired) electrons. The zero-order chi connectivity index (χ0) is 34.4. The Kier molecular flexibility index (Phi) is 8.62. The Hall–Kier alpha value is -4.65. The number of aryl methyl sites for hydroxylation is 1. The number of thiophene rings is 1. The number of hydrogen-bond donors (Lipinski definition) is 3. The van der Waals surface area contributed by atoms with Crippen LogP contribution in [0, 0.1) is 18.2 Å². The molecule has 4 aliphatic rings. The number of carbonyl (C=O) groups excluding carboxylic acids is 3. The fourth-order valence-corrected chi connectivity index (χ4v) is 8.69. The Morgan fingerprint density at radius 3 is 2.60 bits per heavy atom. The SMILES string of the molecule is Cc1cnc(N2CC3(CCOCC3)C2)c(C(=O)Nc2ccc(C(=O)N3CCc4cc(C(=O)NC5CCNC5)sc4-c4ccc(F)cc43)cc2)c1. The van der Waals surface area contributed by atoms with Crippen molar-refractivity contribution in [3.8, 4) is 10.4 Å². The van der Waals surface area contributed by atoms with Gasteiger partial charge in [-0.3, -0.25) is 14.4 Å². The lowest BCUT2D eigenvalue weighted by Gasteiger charge is -2.53. The van der Waals surface area contributed by atoms with Gasteiger partial charge in [0.05, 0.1) is 16.1 Å². The van der Waals surface area contributed by atoms with Gasteiger partial charge in [0.25, 0.3) is 17.7 Å². The number of pyridine rings is 1. The lowest BCUT2D eigenvalue weighted by molar-refractivity contribution is -0.000511. The van der Waals surface area contributed by atoms with Gasteiger partial charge in [-0.1, -0.05) is 0 Å². The van der Waals surface area contributed by atoms with Crippen LogP contribution in [0.15, 0.2) is 60.8 Å². The van der Waals surface area contributed by atoms with Gasteiger partial charge >= 0.3 is 0 Å². The van der Waals surface area contributed by atoms with E-state index >= 15 is 0 Å². The smallest absolute Gasteiger partial charge is 0.261 e. The zero-order valence-electron chi connectivity index (χ0n) is 27.9. The third kappa shape index (κ3) is 6.27. The van der Waals surface area contributed by atoms with E-state index in [9.17, 15) is 18.8 Å². The first kappa shape index (κ1) is 32.5. The molecule has 4 aliphatic heterocycles. The van der Waals surface area contributed by atoms with Crippen molar-refractivity contribution in [3.63, 3.8) is 0 Å². The van der Waals surface area contributed by atoms with Crippen molar-refractivity contribution in [3.05, 3.63) is 93.7 Å². The quantitative estimate of drug-likeness (QED) is 0.247. The van der Waals surface area contributed by atoms with Crippen molar-refractivity contribution < 1.29 is 23.5 Å². The number of amides is 3. The van der Waals surface area contributed by atoms with E-state index in [0.29, 0.717) is 46.2 Å². The molecule has 1 unspecified atom stereocenters. The number of fused-ring (bicyclic) bond motifs is 3. The summed E-state index contributed by atoms with van der Waals surface area (Å²) in [6, 6.07) is 15.1. The maximum atomic E-state index is 14.7. The Bertz CT molecular complexity index is 1960. The van der Waals surface area contributed by atoms with Gasteiger partial charge in [-0.25, -0.2) is 9.37 Å². The first-order valence-electron chi connectivity index (χ1n) is 17.2. The normalized spacial score (nSPS) is 19.3. The summed E-state index contributed by atoms with van der Waals surface area (Å²) in [5.41, 5.74) is 4.74. The van der Waals surface area contributed by atoms with E-state index in [-0.39, 0.29) is 29.2 Å². The lowest BCUT2D eigenvalue weighted by atomic mass is 9.73. The fourth-order valence-electron chi connectivity index (χ4n) is 7.54. The van der Waals surface area contributed by atoms with Crippen molar-refractivity contribution in [1.82, 2.24) is 15.6 Å². The molecule has 3 fully saturated rings. The van der Waals surface area contributed by atoms with Crippen molar-refractivity contribution in [2.24, 2.45) is 5.41 Å². The van der Waals surface area contributed by atoms with Crippen LogP contribution in [0.25, 0.3) is 10.4 Å². The van der Waals surface area contributed by atoms with E-state index < -0.39 is 5.82 Å². The molecule has 1 spiro atoms. The number of anilines is 3. The van der Waals surface area contributed by atoms with Crippen molar-refractivity contribution in [2.45, 2.75) is 38.6 Å². The van der Waals surface area contributed by atoms with Gasteiger partial charge in [-0.2, -0.15) is 0 Å². The summed E-state index contributed by atoms with van der Waals surface area (Å²) in [5.74, 6) is -0.422. The van der Waals surface area contributed by atoms with Gasteiger partial charge in [-0.05, 0) is 105 Å². The Morgan fingerprint density at radius 1 is 1.04 bits per heavy atom. The minimum atomic E-state index is -0.447. The molecule has 50 heavy (non-hydrogen) atoms. The van der Waals surface area contributed by atoms with E-state index in [0.717, 1.165) is 80.2 Å². The molecule has 3 saturated heterocycles. The maximum absolute atomic E-state index is 14.7. The summed E-state index contributed by atoms with van der Waals surface area (Å²) in [6.45, 7) is 7.14. The van der Waals surface area contributed by atoms with Crippen molar-refractivity contribution in [1.29, 1.82) is 0 Å². The van der Waals surface area contributed by atoms with Crippen LogP contribution in [0.2, 0.25) is 0 Å². The number of aromatic nitrogens is 1. The third-order valence-corrected chi connectivity index (χ3v) is 11.5. The van der Waals surface area contributed by atoms with Gasteiger partial charge < -0.3 is 30.5 Å². The summed E-state index contributed by atoms with van der Waals surface area (Å²) in [4.78, 5) is 50.5. The summed E-state index contributed by atoms with van der Waals surface area (Å²) >= 11 is 1.37. The van der Waals surface area contributed by atoms with Crippen LogP contribution < -0.4 is 25.8 Å². The average molecular weight is 695 g/mol. The first-order chi connectivity index (χ1) is 24.2. The molecule has 3 amide bonds. The highest BCUT2D eigenvalue weighted by molar-refractivity contribution is 7.17. The second-order valence-corrected chi connectivity index (χ2v) is 14.9. The van der Waals surface area contributed by atoms with Crippen LogP contribution in [-0.4, -0.2) is 74.7 Å². The monoisotopic (exact) mass is 694 g/mol. The second-order valence-electron chi connectivity index (χ2n) is 13.9. The number of ether oxygens (including phenoxy) is 1. The molecule has 0 saturated carbocycles. The molecule has 1 atom stereocenters. The fraction of sp³-hybridized carbons (Fsp3) is 0.368. The van der Waals surface area contributed by atoms with Gasteiger partial charge in [0.15, 0.2) is 0 Å². The van der Waals surface area contributed by atoms with Gasteiger partial charge in [-0.15, -0.1) is 11.3 Å². The van der Waals surface area contributed by atoms with E-state index in [1.165, 1.54) is 23.5 Å². The zero-order valence-corrected chi connectivity index (χ0v) is 28.7. The average Bonchev–Trinajstić information content (AvgIpc) is 3.76. The topological polar surface area (TPSA) is 116 Å². The Morgan fingerprint density at radius 2 is 1.84 bits per heavy atom. The molecule has 4 aromatic rings. The molecular formula is C38H39FN6O4S. The predicted molar refractivity (Wildman–Crippen MR) is 192 cm³/mol. The molecule has 2 aromatic carbocycles. The highest BCUT2D eigenvalue weighted by Crippen LogP contribution is 2.44. The van der Waals surface area contributed by atoms with Crippen molar-refractivity contribution >= 4 is 46.3 Å². The summed E-state index contributed by atoms with van der Waals surface area (Å²) < 4.78 is 20.2. The molecule has 10 nitrogen and oxygen atoms in total. The molecule has 0 aliphatic carbocycles. The minimum absolute atomic E-state index is 0.103. The van der Waals surface area contributed by atoms with E-state index in [1.54, 1.807) is 41.4 Å². The third-order valence-electron chi connectivity index (χ3n) is 10.3. The van der Waals surface area contributed by atoms with E-state index in [4.69, 9.17) is 4.74 Å². The molecular weight excluding hydrogens is 656 g/mol. The van der Waals surface area contributed by atoms with Crippen molar-refractivity contribution in [2.75, 3.05) is 61.1 Å². The van der Waals surface area contributed by atoms with Gasteiger partial charge in [0, 0.05) is 78.7 Å². The molecule has 8 rings (SSSR count). The maximum Gasteiger partial charge on any atom is 0.261 e. The number of halogens is 1. The van der Waals surface area contributed by atoms with Crippen LogP contribution in [0.1, 0.15) is 60.8 Å². The van der Waals surface area contributed by atoms with Crippen LogP contribution in [0.4, 0.5) is 21.6 Å². The van der Waals surface area contributed by atoms with Crippen LogP contribution in [0.5, 0.6) is 0 Å². The van der Waals surface area contributed by atoms with Crippen LogP contribution in [0.3, 0.4) is 0 Å². The second kappa shape index (κ2) is 13.2. The summed E-state index contributed by atoms with van der Waals surface area (Å²) in [7, 11) is 0. The number of nitrogens with one attached hydrogen (secondary N) is 3. The molecule has 2 aromatic heterocycles. The summed E-state index contributed by atoms with van der Waals surface area (Å²) in [5, 5.41) is 9.35. The van der Waals surface area contributed by atoms with Gasteiger partial charge in [0.1, 0.15) is 11.6 Å². The van der Waals surface area contributed by atoms with E-state index in [1.807, 2.05) is 19.1 Å². The number of hydrogen-bond acceptors (Lipinski definition) is 8. The first-order valence-corrected chi connectivity index (χ1v) is 18.0. The largest absolute Gasteiger partial charge is 0.381 e. The van der Waals surface area contributed by atoms with Crippen LogP contribution >= 0.6 is 11.3 Å². The predicted octanol–water partition coefficient (Wildman–Crippen LogP) is 5.42. The highest BCUT2D eigenvalue weighted by Gasteiger charge is 2.45. The Labute approximate surface area is 294 Å².